The molecule has 2 aromatic carbocycles. The highest BCUT2D eigenvalue weighted by Gasteiger charge is 2.64. The number of carbonyl (C=O) groups is 1. The van der Waals surface area contributed by atoms with Crippen LogP contribution in [0.5, 0.6) is 0 Å². The van der Waals surface area contributed by atoms with Crippen LogP contribution in [0.1, 0.15) is 43.4 Å². The third kappa shape index (κ3) is 2.76. The number of fused-ring (bicyclic) bond motifs is 3. The Kier molecular flexibility index (Phi) is 4.55. The van der Waals surface area contributed by atoms with Crippen molar-refractivity contribution in [2.75, 3.05) is 4.90 Å². The minimum atomic E-state index is -1.37. The molecule has 4 heteroatoms. The monoisotopic (exact) mass is 395 g/mol. The molecule has 0 radical (unpaired) electrons. The summed E-state index contributed by atoms with van der Waals surface area (Å²) >= 11 is 0. The van der Waals surface area contributed by atoms with Gasteiger partial charge in [0.1, 0.15) is 0 Å². The molecule has 2 aromatic rings. The fourth-order valence-electron chi connectivity index (χ4n) is 4.92. The number of ketones is 1. The topological polar surface area (TPSA) is 67.9 Å². The predicted octanol–water partition coefficient (Wildman–Crippen LogP) is 5.01. The fourth-order valence-corrected chi connectivity index (χ4v) is 4.92. The summed E-state index contributed by atoms with van der Waals surface area (Å²) in [6, 6.07) is 19.4. The second-order valence-electron chi connectivity index (χ2n) is 9.31. The van der Waals surface area contributed by atoms with Crippen molar-refractivity contribution in [2.24, 2.45) is 10.8 Å². The van der Waals surface area contributed by atoms with E-state index in [1.807, 2.05) is 93.3 Å². The second-order valence-corrected chi connectivity index (χ2v) is 9.31. The Bertz CT molecular complexity index is 1110. The van der Waals surface area contributed by atoms with E-state index >= 15 is 0 Å². The van der Waals surface area contributed by atoms with E-state index < -0.39 is 28.8 Å². The van der Waals surface area contributed by atoms with Crippen molar-refractivity contribution in [1.82, 2.24) is 0 Å². The summed E-state index contributed by atoms with van der Waals surface area (Å²) in [7, 11) is 0. The number of para-hydroxylation sites is 1. The summed E-state index contributed by atoms with van der Waals surface area (Å²) in [6.45, 7) is 7.70. The quantitative estimate of drug-likeness (QED) is 0.717. The normalized spacial score (nSPS) is 23.8. The van der Waals surface area contributed by atoms with Crippen molar-refractivity contribution in [3.05, 3.63) is 71.3 Å². The Balaban J connectivity index is 2.04. The van der Waals surface area contributed by atoms with E-state index in [4.69, 9.17) is 0 Å². The van der Waals surface area contributed by atoms with Crippen LogP contribution in [0, 0.1) is 40.4 Å². The number of anilines is 1. The number of rotatable bonds is 2. The highest BCUT2D eigenvalue weighted by Crippen LogP contribution is 2.56. The first kappa shape index (κ1) is 19.9. The van der Waals surface area contributed by atoms with Gasteiger partial charge in [0.05, 0.1) is 24.2 Å². The van der Waals surface area contributed by atoms with Crippen molar-refractivity contribution in [2.45, 2.75) is 45.7 Å². The van der Waals surface area contributed by atoms with Gasteiger partial charge in [0.2, 0.25) is 0 Å². The molecule has 150 valence electrons. The summed E-state index contributed by atoms with van der Waals surface area (Å²) < 4.78 is 0. The number of Topliss-reactive ketones (excluding diaryl/α,β-unsaturated/α-hetero) is 1. The number of aryl methyl sites for hydroxylation is 1. The molecule has 0 amide bonds. The third-order valence-electron chi connectivity index (χ3n) is 6.32. The molecule has 2 aliphatic heterocycles. The molecule has 0 aromatic heterocycles. The standard InChI is InChI=1S/C26H25N3O/c1-17-8-7-10-19(14-17)22-23(24(30)25(2,3)4)29-20-11-6-5-9-18(20)12-13-21(29)26(22,15-27)16-28/h5-14,21-23H,1-4H3. The van der Waals surface area contributed by atoms with Crippen LogP contribution in [0.3, 0.4) is 0 Å². The van der Waals surface area contributed by atoms with E-state index in [-0.39, 0.29) is 5.78 Å². The van der Waals surface area contributed by atoms with E-state index in [0.29, 0.717) is 0 Å². The molecule has 2 aliphatic rings. The van der Waals surface area contributed by atoms with Crippen LogP contribution in [-0.2, 0) is 4.79 Å². The molecule has 1 fully saturated rings. The highest BCUT2D eigenvalue weighted by molar-refractivity contribution is 5.96. The molecular formula is C26H25N3O. The molecule has 0 N–H and O–H groups in total. The maximum atomic E-state index is 13.8. The number of hydrogen-bond donors (Lipinski definition) is 0. The summed E-state index contributed by atoms with van der Waals surface area (Å²) in [5.74, 6) is -0.517. The van der Waals surface area contributed by atoms with Gasteiger partial charge in [-0.25, -0.2) is 0 Å². The molecule has 4 rings (SSSR count). The minimum Gasteiger partial charge on any atom is -0.351 e. The van der Waals surface area contributed by atoms with Crippen LogP contribution in [0.4, 0.5) is 5.69 Å². The lowest BCUT2D eigenvalue weighted by Crippen LogP contribution is -2.47. The first-order chi connectivity index (χ1) is 14.2. The maximum Gasteiger partial charge on any atom is 0.176 e. The van der Waals surface area contributed by atoms with Crippen molar-refractivity contribution >= 4 is 17.5 Å². The first-order valence-corrected chi connectivity index (χ1v) is 10.2. The van der Waals surface area contributed by atoms with Gasteiger partial charge in [0.15, 0.2) is 11.2 Å². The van der Waals surface area contributed by atoms with E-state index in [1.165, 1.54) is 0 Å². The SMILES string of the molecule is Cc1cccc(C2C(C(=O)C(C)(C)C)N3c4ccccc4C=CC3C2(C#N)C#N)c1. The molecule has 0 bridgehead atoms. The van der Waals surface area contributed by atoms with Gasteiger partial charge in [-0.3, -0.25) is 4.79 Å². The molecular weight excluding hydrogens is 370 g/mol. The lowest BCUT2D eigenvalue weighted by Gasteiger charge is -2.37. The average molecular weight is 396 g/mol. The smallest absolute Gasteiger partial charge is 0.176 e. The van der Waals surface area contributed by atoms with Gasteiger partial charge >= 0.3 is 0 Å². The molecule has 4 nitrogen and oxygen atoms in total. The van der Waals surface area contributed by atoms with Crippen LogP contribution in [-0.4, -0.2) is 17.9 Å². The van der Waals surface area contributed by atoms with E-state index in [9.17, 15) is 15.3 Å². The zero-order chi connectivity index (χ0) is 21.7. The van der Waals surface area contributed by atoms with Crippen LogP contribution < -0.4 is 4.90 Å². The lowest BCUT2D eigenvalue weighted by atomic mass is 9.67. The number of benzene rings is 2. The minimum absolute atomic E-state index is 0.0384. The van der Waals surface area contributed by atoms with E-state index in [2.05, 4.69) is 12.1 Å². The van der Waals surface area contributed by atoms with Gasteiger partial charge in [0.25, 0.3) is 0 Å². The number of carbonyl (C=O) groups excluding carboxylic acids is 1. The molecule has 3 unspecified atom stereocenters. The summed E-state index contributed by atoms with van der Waals surface area (Å²) in [4.78, 5) is 15.9. The number of nitrogens with zero attached hydrogens (tertiary/aromatic N) is 3. The molecule has 3 atom stereocenters. The second kappa shape index (κ2) is 6.85. The Morgan fingerprint density at radius 1 is 1.07 bits per heavy atom. The van der Waals surface area contributed by atoms with Gasteiger partial charge in [-0.1, -0.05) is 81.0 Å². The molecule has 2 heterocycles. The number of nitriles is 2. The first-order valence-electron chi connectivity index (χ1n) is 10.2. The summed E-state index contributed by atoms with van der Waals surface area (Å²) in [5.41, 5.74) is 1.81. The van der Waals surface area contributed by atoms with Gasteiger partial charge < -0.3 is 4.90 Å². The largest absolute Gasteiger partial charge is 0.351 e. The van der Waals surface area contributed by atoms with Gasteiger partial charge in [0, 0.05) is 17.0 Å². The van der Waals surface area contributed by atoms with Gasteiger partial charge in [-0.2, -0.15) is 10.5 Å². The van der Waals surface area contributed by atoms with Crippen molar-refractivity contribution in [1.29, 1.82) is 10.5 Å². The summed E-state index contributed by atoms with van der Waals surface area (Å²) in [5, 5.41) is 20.7. The fraction of sp³-hybridized carbons (Fsp3) is 0.346. The summed E-state index contributed by atoms with van der Waals surface area (Å²) in [6.07, 6.45) is 3.89. The predicted molar refractivity (Wildman–Crippen MR) is 118 cm³/mol. The van der Waals surface area contributed by atoms with E-state index in [0.717, 1.165) is 22.4 Å². The van der Waals surface area contributed by atoms with Crippen LogP contribution in [0.25, 0.3) is 6.08 Å². The van der Waals surface area contributed by atoms with Crippen molar-refractivity contribution in [3.63, 3.8) is 0 Å². The molecule has 0 saturated carbocycles. The van der Waals surface area contributed by atoms with E-state index in [1.54, 1.807) is 0 Å². The molecule has 0 spiro atoms. The molecule has 30 heavy (non-hydrogen) atoms. The number of hydrogen-bond acceptors (Lipinski definition) is 4. The van der Waals surface area contributed by atoms with Crippen LogP contribution >= 0.6 is 0 Å². The lowest BCUT2D eigenvalue weighted by molar-refractivity contribution is -0.127. The van der Waals surface area contributed by atoms with Crippen LogP contribution in [0.2, 0.25) is 0 Å². The Morgan fingerprint density at radius 3 is 2.40 bits per heavy atom. The van der Waals surface area contributed by atoms with Gasteiger partial charge in [-0.05, 0) is 24.1 Å². The third-order valence-corrected chi connectivity index (χ3v) is 6.32. The Hall–Kier alpha value is -3.37. The zero-order valence-corrected chi connectivity index (χ0v) is 17.8. The average Bonchev–Trinajstić information content (AvgIpc) is 3.03. The Labute approximate surface area is 178 Å². The highest BCUT2D eigenvalue weighted by atomic mass is 16.1. The van der Waals surface area contributed by atoms with Gasteiger partial charge in [-0.15, -0.1) is 0 Å². The maximum absolute atomic E-state index is 13.8. The van der Waals surface area contributed by atoms with Crippen molar-refractivity contribution in [3.8, 4) is 12.1 Å². The Morgan fingerprint density at radius 2 is 1.77 bits per heavy atom. The van der Waals surface area contributed by atoms with Crippen LogP contribution in [0.15, 0.2) is 54.6 Å². The molecule has 1 saturated heterocycles. The molecule has 0 aliphatic carbocycles. The van der Waals surface area contributed by atoms with Crippen molar-refractivity contribution < 1.29 is 4.79 Å². The zero-order valence-electron chi connectivity index (χ0n) is 17.8.